The highest BCUT2D eigenvalue weighted by atomic mass is 16.6. The summed E-state index contributed by atoms with van der Waals surface area (Å²) < 4.78 is 16.9. The molecule has 37 heavy (non-hydrogen) atoms. The van der Waals surface area contributed by atoms with E-state index < -0.39 is 5.97 Å². The van der Waals surface area contributed by atoms with Gasteiger partial charge in [-0.15, -0.1) is 0 Å². The molecule has 2 aromatic rings. The van der Waals surface area contributed by atoms with E-state index in [4.69, 9.17) is 14.2 Å². The van der Waals surface area contributed by atoms with Crippen LogP contribution in [0.2, 0.25) is 0 Å². The summed E-state index contributed by atoms with van der Waals surface area (Å²) >= 11 is 0. The Hall–Kier alpha value is -2.82. The minimum atomic E-state index is -0.402. The van der Waals surface area contributed by atoms with Crippen molar-refractivity contribution in [2.24, 2.45) is 5.92 Å². The molecule has 202 valence electrons. The average molecular weight is 509 g/mol. The Balaban J connectivity index is 1.39. The summed E-state index contributed by atoms with van der Waals surface area (Å²) in [6, 6.07) is 14.5. The summed E-state index contributed by atoms with van der Waals surface area (Å²) in [5.41, 5.74) is 1.52. The van der Waals surface area contributed by atoms with Gasteiger partial charge in [0.05, 0.1) is 18.1 Å². The Labute approximate surface area is 222 Å². The van der Waals surface area contributed by atoms with Gasteiger partial charge in [0.25, 0.3) is 0 Å². The van der Waals surface area contributed by atoms with Crippen molar-refractivity contribution in [3.05, 3.63) is 59.7 Å². The Morgan fingerprint density at radius 2 is 1.43 bits per heavy atom. The summed E-state index contributed by atoms with van der Waals surface area (Å²) in [4.78, 5) is 24.8. The Morgan fingerprint density at radius 1 is 0.811 bits per heavy atom. The molecule has 2 aromatic carbocycles. The van der Waals surface area contributed by atoms with Gasteiger partial charge in [-0.25, -0.2) is 4.79 Å². The van der Waals surface area contributed by atoms with Crippen LogP contribution in [0.4, 0.5) is 0 Å². The molecular weight excluding hydrogens is 464 g/mol. The quantitative estimate of drug-likeness (QED) is 0.123. The molecule has 1 heterocycles. The van der Waals surface area contributed by atoms with E-state index in [0.717, 1.165) is 37.0 Å². The highest BCUT2D eigenvalue weighted by molar-refractivity contribution is 5.91. The fourth-order valence-corrected chi connectivity index (χ4v) is 4.77. The van der Waals surface area contributed by atoms with Crippen LogP contribution in [0.25, 0.3) is 0 Å². The lowest BCUT2D eigenvalue weighted by Crippen LogP contribution is -2.11. The van der Waals surface area contributed by atoms with Gasteiger partial charge < -0.3 is 14.2 Å². The van der Waals surface area contributed by atoms with Crippen LogP contribution in [-0.4, -0.2) is 24.6 Å². The zero-order valence-corrected chi connectivity index (χ0v) is 22.7. The molecule has 0 unspecified atom stereocenters. The molecule has 5 nitrogen and oxygen atoms in total. The van der Waals surface area contributed by atoms with E-state index in [1.54, 1.807) is 24.3 Å². The van der Waals surface area contributed by atoms with Crippen LogP contribution >= 0.6 is 0 Å². The van der Waals surface area contributed by atoms with Crippen molar-refractivity contribution >= 4 is 11.9 Å². The van der Waals surface area contributed by atoms with E-state index >= 15 is 0 Å². The van der Waals surface area contributed by atoms with Crippen molar-refractivity contribution in [2.45, 2.75) is 103 Å². The number of benzene rings is 2. The third-order valence-corrected chi connectivity index (χ3v) is 7.02. The summed E-state index contributed by atoms with van der Waals surface area (Å²) in [5.74, 6) is 0.672. The topological polar surface area (TPSA) is 61.8 Å². The maximum atomic E-state index is 12.6. The lowest BCUT2D eigenvalue weighted by Gasteiger charge is -2.09. The fraction of sp³-hybridized carbons (Fsp3) is 0.562. The van der Waals surface area contributed by atoms with Crippen molar-refractivity contribution in [1.29, 1.82) is 0 Å². The van der Waals surface area contributed by atoms with Crippen LogP contribution < -0.4 is 9.47 Å². The smallest absolute Gasteiger partial charge is 0.343 e. The molecule has 1 aliphatic heterocycles. The van der Waals surface area contributed by atoms with Gasteiger partial charge in [0.15, 0.2) is 0 Å². The Bertz CT molecular complexity index is 935. The SMILES string of the molecule is CCCCCCCCOc1ccc(C(=O)Oc2ccc(C[C@@H]3C[C@@H](CCCCCC)OC3=O)cc2)cc1. The number of hydrogen-bond acceptors (Lipinski definition) is 5. The van der Waals surface area contributed by atoms with Crippen molar-refractivity contribution in [1.82, 2.24) is 0 Å². The molecule has 0 bridgehead atoms. The number of cyclic esters (lactones) is 1. The average Bonchev–Trinajstić information content (AvgIpc) is 3.26. The Kier molecular flexibility index (Phi) is 12.5. The zero-order chi connectivity index (χ0) is 26.3. The number of carbonyl (C=O) groups excluding carboxylic acids is 2. The minimum absolute atomic E-state index is 0.0573. The van der Waals surface area contributed by atoms with Gasteiger partial charge in [-0.1, -0.05) is 77.3 Å². The maximum Gasteiger partial charge on any atom is 0.343 e. The second-order valence-electron chi connectivity index (χ2n) is 10.2. The molecule has 1 fully saturated rings. The number of unbranched alkanes of at least 4 members (excludes halogenated alkanes) is 8. The first-order valence-corrected chi connectivity index (χ1v) is 14.3. The van der Waals surface area contributed by atoms with Crippen LogP contribution in [0.15, 0.2) is 48.5 Å². The molecule has 0 amide bonds. The van der Waals surface area contributed by atoms with E-state index in [2.05, 4.69) is 13.8 Å². The summed E-state index contributed by atoms with van der Waals surface area (Å²) in [6.07, 6.45) is 14.6. The lowest BCUT2D eigenvalue weighted by atomic mass is 9.94. The highest BCUT2D eigenvalue weighted by Crippen LogP contribution is 2.28. The molecule has 0 aliphatic carbocycles. The van der Waals surface area contributed by atoms with Gasteiger partial charge in [-0.3, -0.25) is 4.79 Å². The van der Waals surface area contributed by atoms with E-state index in [0.29, 0.717) is 24.3 Å². The van der Waals surface area contributed by atoms with Crippen LogP contribution in [0, 0.1) is 5.92 Å². The lowest BCUT2D eigenvalue weighted by molar-refractivity contribution is -0.144. The van der Waals surface area contributed by atoms with Gasteiger partial charge >= 0.3 is 11.9 Å². The zero-order valence-electron chi connectivity index (χ0n) is 22.7. The second-order valence-corrected chi connectivity index (χ2v) is 10.2. The molecular formula is C32H44O5. The predicted molar refractivity (Wildman–Crippen MR) is 147 cm³/mol. The summed E-state index contributed by atoms with van der Waals surface area (Å²) in [7, 11) is 0. The third-order valence-electron chi connectivity index (χ3n) is 7.02. The van der Waals surface area contributed by atoms with E-state index in [9.17, 15) is 9.59 Å². The summed E-state index contributed by atoms with van der Waals surface area (Å²) in [6.45, 7) is 5.11. The third kappa shape index (κ3) is 10.2. The summed E-state index contributed by atoms with van der Waals surface area (Å²) in [5, 5.41) is 0. The van der Waals surface area contributed by atoms with E-state index in [1.807, 2.05) is 24.3 Å². The van der Waals surface area contributed by atoms with Gasteiger partial charge in [-0.2, -0.15) is 0 Å². The van der Waals surface area contributed by atoms with Crippen molar-refractivity contribution in [2.75, 3.05) is 6.61 Å². The molecule has 1 saturated heterocycles. The monoisotopic (exact) mass is 508 g/mol. The van der Waals surface area contributed by atoms with Gasteiger partial charge in [0, 0.05) is 0 Å². The Morgan fingerprint density at radius 3 is 2.14 bits per heavy atom. The minimum Gasteiger partial charge on any atom is -0.494 e. The first-order valence-electron chi connectivity index (χ1n) is 14.3. The van der Waals surface area contributed by atoms with Crippen molar-refractivity contribution in [3.63, 3.8) is 0 Å². The molecule has 5 heteroatoms. The fourth-order valence-electron chi connectivity index (χ4n) is 4.77. The second kappa shape index (κ2) is 16.1. The normalized spacial score (nSPS) is 17.0. The largest absolute Gasteiger partial charge is 0.494 e. The number of ether oxygens (including phenoxy) is 3. The standard InChI is InChI=1S/C32H44O5/c1-3-5-7-9-10-12-22-35-28-20-16-26(17-21-28)31(33)36-29-18-14-25(15-19-29)23-27-24-30(37-32(27)34)13-11-8-6-4-2/h14-21,27,30H,3-13,22-24H2,1-2H3/t27-,30-/m1/s1. The molecule has 0 aromatic heterocycles. The van der Waals surface area contributed by atoms with Gasteiger partial charge in [0.2, 0.25) is 0 Å². The first-order chi connectivity index (χ1) is 18.1. The van der Waals surface area contributed by atoms with Gasteiger partial charge in [-0.05, 0) is 74.1 Å². The van der Waals surface area contributed by atoms with Crippen LogP contribution in [-0.2, 0) is 16.0 Å². The van der Waals surface area contributed by atoms with Crippen LogP contribution in [0.1, 0.15) is 107 Å². The maximum absolute atomic E-state index is 12.6. The predicted octanol–water partition coefficient (Wildman–Crippen LogP) is 8.09. The molecule has 0 radical (unpaired) electrons. The molecule has 0 N–H and O–H groups in total. The molecule has 3 rings (SSSR count). The van der Waals surface area contributed by atoms with Crippen molar-refractivity contribution < 1.29 is 23.8 Å². The molecule has 2 atom stereocenters. The highest BCUT2D eigenvalue weighted by Gasteiger charge is 2.33. The van der Waals surface area contributed by atoms with Crippen LogP contribution in [0.5, 0.6) is 11.5 Å². The number of esters is 2. The molecule has 0 spiro atoms. The molecule has 0 saturated carbocycles. The van der Waals surface area contributed by atoms with Crippen LogP contribution in [0.3, 0.4) is 0 Å². The van der Waals surface area contributed by atoms with E-state index in [1.165, 1.54) is 51.4 Å². The van der Waals surface area contributed by atoms with E-state index in [-0.39, 0.29) is 18.0 Å². The number of hydrogen-bond donors (Lipinski definition) is 0. The number of rotatable bonds is 17. The first kappa shape index (κ1) is 28.7. The van der Waals surface area contributed by atoms with Gasteiger partial charge in [0.1, 0.15) is 17.6 Å². The van der Waals surface area contributed by atoms with Crippen molar-refractivity contribution in [3.8, 4) is 11.5 Å². The molecule has 1 aliphatic rings. The number of carbonyl (C=O) groups is 2.